The second kappa shape index (κ2) is 10.7. The average Bonchev–Trinajstić information content (AvgIpc) is 2.82. The number of allylic oxidation sites excluding steroid dienone is 1. The first-order chi connectivity index (χ1) is 16.3. The van der Waals surface area contributed by atoms with E-state index in [2.05, 4.69) is 16.0 Å². The summed E-state index contributed by atoms with van der Waals surface area (Å²) in [6.07, 6.45) is 0. The summed E-state index contributed by atoms with van der Waals surface area (Å²) >= 11 is 11.6. The number of rotatable bonds is 8. The van der Waals surface area contributed by atoms with Crippen molar-refractivity contribution in [1.29, 1.82) is 0 Å². The smallest absolute Gasteiger partial charge is 0.255 e. The number of carbonyl (C=O) groups excluding carboxylic acids is 1. The van der Waals surface area contributed by atoms with Crippen LogP contribution in [0.1, 0.15) is 18.5 Å². The molecule has 0 saturated heterocycles. The summed E-state index contributed by atoms with van der Waals surface area (Å²) in [5.41, 5.74) is 2.06. The molecule has 0 aromatic heterocycles. The van der Waals surface area contributed by atoms with Crippen molar-refractivity contribution in [1.82, 2.24) is 10.6 Å². The van der Waals surface area contributed by atoms with Gasteiger partial charge in [0.15, 0.2) is 16.6 Å². The summed E-state index contributed by atoms with van der Waals surface area (Å²) in [6.45, 7) is 1.77. The van der Waals surface area contributed by atoms with Crippen LogP contribution in [-0.4, -0.2) is 46.6 Å². The van der Waals surface area contributed by atoms with Crippen molar-refractivity contribution < 1.29 is 28.5 Å². The molecule has 0 fully saturated rings. The van der Waals surface area contributed by atoms with E-state index in [1.54, 1.807) is 31.2 Å². The Morgan fingerprint density at radius 3 is 2.03 bits per heavy atom. The molecule has 11 heteroatoms. The minimum Gasteiger partial charge on any atom is -0.495 e. The first-order valence-corrected chi connectivity index (χ1v) is 10.9. The Morgan fingerprint density at radius 1 is 0.912 bits per heavy atom. The largest absolute Gasteiger partial charge is 0.495 e. The Bertz CT molecular complexity index is 1130. The lowest BCUT2D eigenvalue weighted by molar-refractivity contribution is -0.113. The molecular formula is C23H26ClN3O6S. The summed E-state index contributed by atoms with van der Waals surface area (Å²) in [7, 11) is 7.54. The molecule has 3 N–H and O–H groups in total. The molecule has 3 rings (SSSR count). The van der Waals surface area contributed by atoms with E-state index in [1.165, 1.54) is 35.5 Å². The lowest BCUT2D eigenvalue weighted by atomic mass is 9.94. The minimum absolute atomic E-state index is 0.356. The van der Waals surface area contributed by atoms with Gasteiger partial charge in [0, 0.05) is 17.8 Å². The van der Waals surface area contributed by atoms with Crippen LogP contribution in [0.3, 0.4) is 0 Å². The average molecular weight is 508 g/mol. The van der Waals surface area contributed by atoms with Crippen molar-refractivity contribution in [2.24, 2.45) is 0 Å². The number of carbonyl (C=O) groups is 1. The van der Waals surface area contributed by atoms with Crippen molar-refractivity contribution in [3.63, 3.8) is 0 Å². The molecule has 1 atom stereocenters. The molecule has 1 aliphatic heterocycles. The monoisotopic (exact) mass is 507 g/mol. The van der Waals surface area contributed by atoms with E-state index < -0.39 is 6.04 Å². The molecule has 182 valence electrons. The molecule has 0 spiro atoms. The van der Waals surface area contributed by atoms with Gasteiger partial charge in [-0.25, -0.2) is 0 Å². The summed E-state index contributed by atoms with van der Waals surface area (Å²) in [6, 6.07) is 6.08. The van der Waals surface area contributed by atoms with E-state index in [9.17, 15) is 4.79 Å². The lowest BCUT2D eigenvalue weighted by Crippen LogP contribution is -2.45. The van der Waals surface area contributed by atoms with Crippen LogP contribution in [0, 0.1) is 0 Å². The quantitative estimate of drug-likeness (QED) is 0.460. The van der Waals surface area contributed by atoms with Crippen LogP contribution >= 0.6 is 23.8 Å². The second-order valence-corrected chi connectivity index (χ2v) is 7.99. The number of ether oxygens (including phenoxy) is 5. The number of hydrogen-bond donors (Lipinski definition) is 3. The highest BCUT2D eigenvalue weighted by Crippen LogP contribution is 2.42. The van der Waals surface area contributed by atoms with Crippen molar-refractivity contribution in [3.8, 4) is 28.7 Å². The summed E-state index contributed by atoms with van der Waals surface area (Å²) < 4.78 is 27.0. The number of halogens is 1. The maximum Gasteiger partial charge on any atom is 0.255 e. The van der Waals surface area contributed by atoms with Crippen molar-refractivity contribution >= 4 is 40.5 Å². The molecular weight excluding hydrogens is 482 g/mol. The Labute approximate surface area is 208 Å². The molecule has 0 unspecified atom stereocenters. The Balaban J connectivity index is 2.07. The zero-order chi connectivity index (χ0) is 25.0. The fourth-order valence-electron chi connectivity index (χ4n) is 3.66. The first kappa shape index (κ1) is 25.3. The molecule has 0 bridgehead atoms. The van der Waals surface area contributed by atoms with Crippen LogP contribution in [0.4, 0.5) is 5.69 Å². The molecule has 0 aliphatic carbocycles. The third kappa shape index (κ3) is 4.92. The number of thiocarbonyl (C=S) groups is 1. The second-order valence-electron chi connectivity index (χ2n) is 7.17. The van der Waals surface area contributed by atoms with E-state index in [-0.39, 0.29) is 5.91 Å². The third-order valence-electron chi connectivity index (χ3n) is 5.26. The van der Waals surface area contributed by atoms with Crippen LogP contribution in [-0.2, 0) is 4.79 Å². The van der Waals surface area contributed by atoms with E-state index in [4.69, 9.17) is 47.5 Å². The molecule has 1 aliphatic rings. The standard InChI is InChI=1S/C23H26ClN3O6S/c1-11-19(22(28)26-14-10-15(29-2)13(24)9-16(14)30-3)20(27-23(34)25-11)12-7-17(31-4)21(33-6)18(8-12)32-5/h7-10,20H,1-6H3,(H,26,28)(H2,25,27,34)/t20-/m0/s1. The van der Waals surface area contributed by atoms with Gasteiger partial charge in [-0.05, 0) is 36.8 Å². The minimum atomic E-state index is -0.609. The Hall–Kier alpha value is -3.37. The highest BCUT2D eigenvalue weighted by molar-refractivity contribution is 7.80. The van der Waals surface area contributed by atoms with Crippen LogP contribution in [0.5, 0.6) is 28.7 Å². The van der Waals surface area contributed by atoms with Crippen molar-refractivity contribution in [3.05, 3.63) is 46.1 Å². The zero-order valence-corrected chi connectivity index (χ0v) is 21.2. The van der Waals surface area contributed by atoms with E-state index in [0.717, 1.165) is 0 Å². The van der Waals surface area contributed by atoms with E-state index in [0.29, 0.717) is 61.4 Å². The topological polar surface area (TPSA) is 99.3 Å². The Kier molecular flexibility index (Phi) is 7.95. The van der Waals surface area contributed by atoms with Gasteiger partial charge in [-0.3, -0.25) is 4.79 Å². The number of nitrogens with one attached hydrogen (secondary N) is 3. The molecule has 9 nitrogen and oxygen atoms in total. The highest BCUT2D eigenvalue weighted by atomic mass is 35.5. The number of anilines is 1. The predicted molar refractivity (Wildman–Crippen MR) is 134 cm³/mol. The molecule has 2 aromatic carbocycles. The lowest BCUT2D eigenvalue weighted by Gasteiger charge is -2.31. The van der Waals surface area contributed by atoms with Crippen LogP contribution < -0.4 is 39.6 Å². The van der Waals surface area contributed by atoms with Gasteiger partial charge in [0.25, 0.3) is 5.91 Å². The number of benzene rings is 2. The van der Waals surface area contributed by atoms with Gasteiger partial charge in [-0.2, -0.15) is 0 Å². The van der Waals surface area contributed by atoms with E-state index in [1.807, 2.05) is 0 Å². The van der Waals surface area contributed by atoms with Crippen LogP contribution in [0.15, 0.2) is 35.5 Å². The van der Waals surface area contributed by atoms with Crippen molar-refractivity contribution in [2.75, 3.05) is 40.9 Å². The van der Waals surface area contributed by atoms with Gasteiger partial charge in [-0.1, -0.05) is 11.6 Å². The summed E-state index contributed by atoms with van der Waals surface area (Å²) in [5, 5.41) is 9.78. The van der Waals surface area contributed by atoms with Gasteiger partial charge in [0.2, 0.25) is 5.75 Å². The van der Waals surface area contributed by atoms with Gasteiger partial charge in [-0.15, -0.1) is 0 Å². The van der Waals surface area contributed by atoms with Gasteiger partial charge in [0.05, 0.1) is 57.9 Å². The predicted octanol–water partition coefficient (Wildman–Crippen LogP) is 3.81. The zero-order valence-electron chi connectivity index (χ0n) is 19.6. The number of hydrogen-bond acceptors (Lipinski definition) is 7. The third-order valence-corrected chi connectivity index (χ3v) is 5.77. The van der Waals surface area contributed by atoms with Gasteiger partial charge >= 0.3 is 0 Å². The van der Waals surface area contributed by atoms with Crippen molar-refractivity contribution in [2.45, 2.75) is 13.0 Å². The van der Waals surface area contributed by atoms with Crippen LogP contribution in [0.25, 0.3) is 0 Å². The maximum absolute atomic E-state index is 13.5. The number of amides is 1. The Morgan fingerprint density at radius 2 is 1.50 bits per heavy atom. The summed E-state index contributed by atoms with van der Waals surface area (Å²) in [5.74, 6) is 1.73. The molecule has 34 heavy (non-hydrogen) atoms. The summed E-state index contributed by atoms with van der Waals surface area (Å²) in [4.78, 5) is 13.5. The number of methoxy groups -OCH3 is 5. The molecule has 1 heterocycles. The normalized spacial score (nSPS) is 15.1. The first-order valence-electron chi connectivity index (χ1n) is 10.1. The fraction of sp³-hybridized carbons (Fsp3) is 0.304. The molecule has 1 amide bonds. The van der Waals surface area contributed by atoms with Gasteiger partial charge in [0.1, 0.15) is 11.5 Å². The molecule has 0 saturated carbocycles. The van der Waals surface area contributed by atoms with Crippen LogP contribution in [0.2, 0.25) is 5.02 Å². The SMILES string of the molecule is COc1cc(NC(=O)C2=C(C)NC(=S)N[C@H]2c2cc(OC)c(OC)c(OC)c2)c(OC)cc1Cl. The molecule has 0 radical (unpaired) electrons. The fourth-order valence-corrected chi connectivity index (χ4v) is 4.16. The highest BCUT2D eigenvalue weighted by Gasteiger charge is 2.32. The van der Waals surface area contributed by atoms with E-state index >= 15 is 0 Å². The maximum atomic E-state index is 13.5. The van der Waals surface area contributed by atoms with Gasteiger partial charge < -0.3 is 39.6 Å². The molecule has 2 aromatic rings.